The van der Waals surface area contributed by atoms with Crippen LogP contribution < -0.4 is 21.3 Å². The Hall–Kier alpha value is -7.02. The molecule has 3 fully saturated rings. The molecular weight excluding hydrogens is 836 g/mol. The molecule has 9 rings (SSSR count). The Morgan fingerprint density at radius 3 is 2.38 bits per heavy atom. The van der Waals surface area contributed by atoms with Crippen molar-refractivity contribution in [3.63, 3.8) is 0 Å². The van der Waals surface area contributed by atoms with Gasteiger partial charge in [-0.1, -0.05) is 31.7 Å². The maximum Gasteiger partial charge on any atom is 0.264 e. The fraction of sp³-hybridized carbons (Fsp3) is 0.413. The minimum atomic E-state index is -1.00. The molecule has 4 aliphatic rings. The van der Waals surface area contributed by atoms with Crippen LogP contribution in [0.2, 0.25) is 0 Å². The number of anilines is 3. The smallest absolute Gasteiger partial charge is 0.264 e. The number of imide groups is 2. The molecule has 2 saturated heterocycles. The molecule has 0 bridgehead atoms. The highest BCUT2D eigenvalue weighted by molar-refractivity contribution is 6.25. The standard InChI is InChI=1S/C46H51FN12O6/c47-32-22-29(12-13-33(32)53-41-42-50-25-37(30-23-51-52-24-30)58(42)26-35(54-41)28-10-11-28)44(63)57-20-18-56(19-21-57)27-39(61)49-17-6-4-2-1-3-5-16-48-34-9-7-8-31-40(34)46(65)59(45(31)64)36-14-15-38(60)55-43(36)62/h7-9,12-13,22-26,28,36,48H,1-6,10-11,14-21,27H2,(H,49,61)(H,51,52)(H,53,54)(H,55,60,62). The van der Waals surface area contributed by atoms with Gasteiger partial charge in [0.2, 0.25) is 17.7 Å². The summed E-state index contributed by atoms with van der Waals surface area (Å²) in [5.74, 6) is -2.23. The van der Waals surface area contributed by atoms with Gasteiger partial charge in [-0.2, -0.15) is 5.10 Å². The predicted octanol–water partition coefficient (Wildman–Crippen LogP) is 4.61. The summed E-state index contributed by atoms with van der Waals surface area (Å²) in [7, 11) is 0. The Labute approximate surface area is 373 Å². The summed E-state index contributed by atoms with van der Waals surface area (Å²) >= 11 is 0. The molecule has 1 atom stereocenters. The van der Waals surface area contributed by atoms with E-state index in [-0.39, 0.29) is 53.6 Å². The molecule has 338 valence electrons. The second-order valence-electron chi connectivity index (χ2n) is 17.1. The summed E-state index contributed by atoms with van der Waals surface area (Å²) in [6.45, 7) is 3.34. The number of carbonyl (C=O) groups is 6. The van der Waals surface area contributed by atoms with Crippen molar-refractivity contribution >= 4 is 58.3 Å². The van der Waals surface area contributed by atoms with Crippen LogP contribution in [0.1, 0.15) is 107 Å². The molecule has 1 saturated carbocycles. The minimum absolute atomic E-state index is 0.0590. The molecule has 6 amide bonds. The maximum absolute atomic E-state index is 15.6. The fourth-order valence-corrected chi connectivity index (χ4v) is 8.77. The molecular formula is C46H51FN12O6. The summed E-state index contributed by atoms with van der Waals surface area (Å²) in [5, 5.41) is 18.5. The summed E-state index contributed by atoms with van der Waals surface area (Å²) in [5.41, 5.74) is 4.65. The van der Waals surface area contributed by atoms with E-state index >= 15 is 4.39 Å². The molecule has 5 N–H and O–H groups in total. The van der Waals surface area contributed by atoms with Crippen molar-refractivity contribution in [3.8, 4) is 11.3 Å². The second-order valence-corrected chi connectivity index (χ2v) is 17.1. The Balaban J connectivity index is 0.654. The number of rotatable bonds is 18. The van der Waals surface area contributed by atoms with Crippen LogP contribution in [0.4, 0.5) is 21.6 Å². The molecule has 19 heteroatoms. The number of piperazine rings is 1. The van der Waals surface area contributed by atoms with Crippen molar-refractivity contribution in [1.82, 2.24) is 49.9 Å². The van der Waals surface area contributed by atoms with Crippen LogP contribution in [-0.4, -0.2) is 127 Å². The zero-order valence-electron chi connectivity index (χ0n) is 35.9. The van der Waals surface area contributed by atoms with E-state index in [0.29, 0.717) is 62.3 Å². The number of piperidine rings is 1. The summed E-state index contributed by atoms with van der Waals surface area (Å²) in [6.07, 6.45) is 15.2. The highest BCUT2D eigenvalue weighted by atomic mass is 19.1. The van der Waals surface area contributed by atoms with E-state index in [1.165, 1.54) is 6.07 Å². The van der Waals surface area contributed by atoms with Gasteiger partial charge in [0.05, 0.1) is 47.1 Å². The fourth-order valence-electron chi connectivity index (χ4n) is 8.77. The molecule has 3 aliphatic heterocycles. The molecule has 0 spiro atoms. The van der Waals surface area contributed by atoms with E-state index in [1.807, 2.05) is 15.5 Å². The van der Waals surface area contributed by atoms with Crippen LogP contribution in [0, 0.1) is 5.82 Å². The third kappa shape index (κ3) is 9.45. The number of fused-ring (bicyclic) bond motifs is 2. The van der Waals surface area contributed by atoms with Gasteiger partial charge in [0.1, 0.15) is 11.9 Å². The number of halogens is 1. The van der Waals surface area contributed by atoms with Gasteiger partial charge in [-0.15, -0.1) is 0 Å². The van der Waals surface area contributed by atoms with E-state index in [0.717, 1.165) is 73.2 Å². The number of imidazole rings is 1. The van der Waals surface area contributed by atoms with E-state index in [4.69, 9.17) is 4.98 Å². The Morgan fingerprint density at radius 1 is 0.862 bits per heavy atom. The number of benzene rings is 2. The maximum atomic E-state index is 15.6. The molecule has 0 radical (unpaired) electrons. The summed E-state index contributed by atoms with van der Waals surface area (Å²) in [6, 6.07) is 8.45. The molecule has 6 heterocycles. The number of hydrogen-bond acceptors (Lipinski definition) is 12. The van der Waals surface area contributed by atoms with Crippen LogP contribution in [0.15, 0.2) is 61.2 Å². The largest absolute Gasteiger partial charge is 0.384 e. The van der Waals surface area contributed by atoms with Crippen LogP contribution in [0.3, 0.4) is 0 Å². The van der Waals surface area contributed by atoms with Gasteiger partial charge in [-0.3, -0.25) is 53.4 Å². The second kappa shape index (κ2) is 19.0. The number of unbranched alkanes of at least 4 members (excludes halogenated alkanes) is 5. The van der Waals surface area contributed by atoms with Gasteiger partial charge < -0.3 is 20.9 Å². The average Bonchev–Trinajstić information content (AvgIpc) is 3.73. The first-order valence-electron chi connectivity index (χ1n) is 22.4. The lowest BCUT2D eigenvalue weighted by molar-refractivity contribution is -0.136. The highest BCUT2D eigenvalue weighted by Gasteiger charge is 2.45. The number of aromatic amines is 1. The van der Waals surface area contributed by atoms with Gasteiger partial charge >= 0.3 is 0 Å². The first-order valence-corrected chi connectivity index (χ1v) is 22.4. The number of amides is 6. The zero-order chi connectivity index (χ0) is 45.0. The lowest BCUT2D eigenvalue weighted by Gasteiger charge is -2.34. The van der Waals surface area contributed by atoms with Crippen molar-refractivity contribution in [2.45, 2.75) is 76.2 Å². The number of nitrogens with one attached hydrogen (secondary N) is 5. The number of nitrogens with zero attached hydrogens (tertiary/aromatic N) is 7. The molecule has 3 aromatic heterocycles. The van der Waals surface area contributed by atoms with Crippen molar-refractivity contribution in [2.24, 2.45) is 0 Å². The Morgan fingerprint density at radius 2 is 1.65 bits per heavy atom. The third-order valence-corrected chi connectivity index (χ3v) is 12.5. The van der Waals surface area contributed by atoms with E-state index < -0.39 is 35.5 Å². The first-order chi connectivity index (χ1) is 31.6. The molecule has 2 aromatic carbocycles. The van der Waals surface area contributed by atoms with Gasteiger partial charge in [-0.05, 0) is 62.4 Å². The molecule has 65 heavy (non-hydrogen) atoms. The van der Waals surface area contributed by atoms with Gasteiger partial charge in [0, 0.05) is 80.8 Å². The molecule has 5 aromatic rings. The number of carbonyl (C=O) groups excluding carboxylic acids is 6. The van der Waals surface area contributed by atoms with Crippen molar-refractivity contribution in [1.29, 1.82) is 0 Å². The SMILES string of the molecule is O=C(CN1CCN(C(=O)c2ccc(Nc3nc(C4CC4)cn4c(-c5cn[nH]c5)cnc34)c(F)c2)CC1)NCCCCCCCCNc1cccc2c1C(=O)N(C1CCC(=O)NC1=O)C2=O. The topological polar surface area (TPSA) is 219 Å². The summed E-state index contributed by atoms with van der Waals surface area (Å²) in [4.78, 5) is 90.5. The van der Waals surface area contributed by atoms with Crippen molar-refractivity contribution in [2.75, 3.05) is 56.4 Å². The monoisotopic (exact) mass is 886 g/mol. The Kier molecular flexibility index (Phi) is 12.6. The average molecular weight is 887 g/mol. The van der Waals surface area contributed by atoms with Crippen LogP contribution in [0.25, 0.3) is 16.9 Å². The lowest BCUT2D eigenvalue weighted by atomic mass is 10.0. The highest BCUT2D eigenvalue weighted by Crippen LogP contribution is 2.41. The zero-order valence-corrected chi connectivity index (χ0v) is 35.9. The molecule has 1 unspecified atom stereocenters. The lowest BCUT2D eigenvalue weighted by Crippen LogP contribution is -2.54. The number of aromatic nitrogens is 5. The van der Waals surface area contributed by atoms with Gasteiger partial charge in [0.15, 0.2) is 11.5 Å². The first kappa shape index (κ1) is 43.2. The van der Waals surface area contributed by atoms with Crippen LogP contribution in [-0.2, 0) is 14.4 Å². The molecule has 18 nitrogen and oxygen atoms in total. The molecule has 1 aliphatic carbocycles. The Bertz CT molecular complexity index is 2640. The quantitative estimate of drug-likeness (QED) is 0.0602. The van der Waals surface area contributed by atoms with E-state index in [2.05, 4.69) is 36.4 Å². The number of H-pyrrole nitrogens is 1. The van der Waals surface area contributed by atoms with Gasteiger partial charge in [0.25, 0.3) is 17.7 Å². The third-order valence-electron chi connectivity index (χ3n) is 12.5. The predicted molar refractivity (Wildman–Crippen MR) is 237 cm³/mol. The van der Waals surface area contributed by atoms with Crippen LogP contribution in [0.5, 0.6) is 0 Å². The summed E-state index contributed by atoms with van der Waals surface area (Å²) < 4.78 is 17.5. The van der Waals surface area contributed by atoms with Crippen molar-refractivity contribution < 1.29 is 33.2 Å². The van der Waals surface area contributed by atoms with Gasteiger partial charge in [-0.25, -0.2) is 14.4 Å². The normalized spacial score (nSPS) is 17.7. The van der Waals surface area contributed by atoms with Crippen LogP contribution >= 0.6 is 0 Å². The van der Waals surface area contributed by atoms with Crippen molar-refractivity contribution in [3.05, 3.63) is 89.4 Å². The van der Waals surface area contributed by atoms with E-state index in [1.54, 1.807) is 53.8 Å². The minimum Gasteiger partial charge on any atom is -0.384 e. The van der Waals surface area contributed by atoms with E-state index in [9.17, 15) is 28.8 Å². The number of hydrogen-bond donors (Lipinski definition) is 5.